The maximum absolute atomic E-state index is 4.73. The minimum absolute atomic E-state index is 0.369. The molecule has 1 atom stereocenters. The van der Waals surface area contributed by atoms with Gasteiger partial charge in [0.05, 0.1) is 0 Å². The Labute approximate surface area is 129 Å². The summed E-state index contributed by atoms with van der Waals surface area (Å²) in [6.07, 6.45) is 4.39. The second kappa shape index (κ2) is 6.73. The molecule has 1 aliphatic heterocycles. The largest absolute Gasteiger partial charge is 0.341 e. The van der Waals surface area contributed by atoms with Crippen molar-refractivity contribution in [2.75, 3.05) is 24.5 Å². The van der Waals surface area contributed by atoms with Crippen LogP contribution >= 0.6 is 0 Å². The van der Waals surface area contributed by atoms with Crippen molar-refractivity contribution in [3.63, 3.8) is 0 Å². The summed E-state index contributed by atoms with van der Waals surface area (Å²) in [7, 11) is 0. The van der Waals surface area contributed by atoms with Crippen molar-refractivity contribution in [3.8, 4) is 0 Å². The van der Waals surface area contributed by atoms with Crippen LogP contribution in [0, 0.1) is 18.3 Å². The van der Waals surface area contributed by atoms with E-state index < -0.39 is 0 Å². The topological polar surface area (TPSA) is 41.1 Å². The van der Waals surface area contributed by atoms with Crippen LogP contribution in [-0.2, 0) is 6.54 Å². The van der Waals surface area contributed by atoms with Crippen LogP contribution in [0.5, 0.6) is 0 Å². The molecular weight excluding hydrogens is 260 g/mol. The summed E-state index contributed by atoms with van der Waals surface area (Å²) in [5.41, 5.74) is 2.68. The summed E-state index contributed by atoms with van der Waals surface area (Å²) in [6.45, 7) is 15.3. The molecule has 1 aromatic rings. The molecule has 118 valence electrons. The first-order chi connectivity index (χ1) is 9.91. The molecule has 1 aromatic heterocycles. The molecule has 0 amide bonds. The van der Waals surface area contributed by atoms with Gasteiger partial charge in [-0.15, -0.1) is 0 Å². The average Bonchev–Trinajstić information content (AvgIpc) is 2.90. The normalized spacial score (nSPS) is 19.3. The molecule has 1 aliphatic rings. The standard InChI is InChI=1S/C17H30N4/c1-6-8-18-10-14-11-19-16(20-13(14)2)21-9-7-15(12-21)17(3,4)5/h11,15,18H,6-10,12H2,1-5H3. The molecule has 1 unspecified atom stereocenters. The van der Waals surface area contributed by atoms with Gasteiger partial charge in [0.25, 0.3) is 0 Å². The Morgan fingerprint density at radius 2 is 2.14 bits per heavy atom. The van der Waals surface area contributed by atoms with Crippen molar-refractivity contribution in [2.45, 2.75) is 54.0 Å². The van der Waals surface area contributed by atoms with E-state index in [-0.39, 0.29) is 0 Å². The summed E-state index contributed by atoms with van der Waals surface area (Å²) in [4.78, 5) is 11.7. The van der Waals surface area contributed by atoms with Crippen LogP contribution in [0.4, 0.5) is 5.95 Å². The molecule has 1 N–H and O–H groups in total. The molecule has 0 spiro atoms. The van der Waals surface area contributed by atoms with E-state index in [0.717, 1.165) is 50.2 Å². The highest BCUT2D eigenvalue weighted by molar-refractivity contribution is 5.34. The molecule has 4 heteroatoms. The van der Waals surface area contributed by atoms with Crippen LogP contribution in [-0.4, -0.2) is 29.6 Å². The summed E-state index contributed by atoms with van der Waals surface area (Å²) in [6, 6.07) is 0. The average molecular weight is 290 g/mol. The van der Waals surface area contributed by atoms with E-state index in [4.69, 9.17) is 4.98 Å². The predicted molar refractivity (Wildman–Crippen MR) is 88.5 cm³/mol. The van der Waals surface area contributed by atoms with Crippen molar-refractivity contribution >= 4 is 5.95 Å². The zero-order valence-electron chi connectivity index (χ0n) is 14.2. The molecule has 0 saturated carbocycles. The molecule has 0 radical (unpaired) electrons. The lowest BCUT2D eigenvalue weighted by molar-refractivity contribution is 0.263. The highest BCUT2D eigenvalue weighted by Gasteiger charge is 2.32. The smallest absolute Gasteiger partial charge is 0.225 e. The number of rotatable bonds is 5. The molecule has 4 nitrogen and oxygen atoms in total. The third-order valence-corrected chi connectivity index (χ3v) is 4.51. The van der Waals surface area contributed by atoms with E-state index in [0.29, 0.717) is 5.41 Å². The zero-order valence-corrected chi connectivity index (χ0v) is 14.2. The van der Waals surface area contributed by atoms with Gasteiger partial charge in [-0.3, -0.25) is 0 Å². The minimum atomic E-state index is 0.369. The fraction of sp³-hybridized carbons (Fsp3) is 0.765. The minimum Gasteiger partial charge on any atom is -0.341 e. The van der Waals surface area contributed by atoms with Crippen molar-refractivity contribution in [3.05, 3.63) is 17.5 Å². The van der Waals surface area contributed by atoms with E-state index in [2.05, 4.69) is 49.8 Å². The summed E-state index contributed by atoms with van der Waals surface area (Å²) in [5, 5.41) is 3.41. The highest BCUT2D eigenvalue weighted by atomic mass is 15.3. The van der Waals surface area contributed by atoms with Gasteiger partial charge in [0, 0.05) is 37.1 Å². The van der Waals surface area contributed by atoms with Gasteiger partial charge in [0.1, 0.15) is 0 Å². The van der Waals surface area contributed by atoms with E-state index in [1.807, 2.05) is 6.20 Å². The van der Waals surface area contributed by atoms with Crippen molar-refractivity contribution in [1.82, 2.24) is 15.3 Å². The second-order valence-corrected chi connectivity index (χ2v) is 7.26. The number of anilines is 1. The van der Waals surface area contributed by atoms with Crippen molar-refractivity contribution < 1.29 is 0 Å². The lowest BCUT2D eigenvalue weighted by Crippen LogP contribution is -2.27. The molecular formula is C17H30N4. The van der Waals surface area contributed by atoms with Gasteiger partial charge in [-0.05, 0) is 37.6 Å². The van der Waals surface area contributed by atoms with E-state index in [1.165, 1.54) is 12.0 Å². The van der Waals surface area contributed by atoms with Gasteiger partial charge >= 0.3 is 0 Å². The Balaban J connectivity index is 2.00. The molecule has 2 heterocycles. The van der Waals surface area contributed by atoms with Crippen LogP contribution in [0.25, 0.3) is 0 Å². The van der Waals surface area contributed by atoms with Gasteiger partial charge in [-0.2, -0.15) is 0 Å². The second-order valence-electron chi connectivity index (χ2n) is 7.26. The Hall–Kier alpha value is -1.16. The Bertz CT molecular complexity index is 464. The SMILES string of the molecule is CCCNCc1cnc(N2CCC(C(C)(C)C)C2)nc1C. The lowest BCUT2D eigenvalue weighted by atomic mass is 9.80. The van der Waals surface area contributed by atoms with Crippen LogP contribution in [0.2, 0.25) is 0 Å². The first-order valence-electron chi connectivity index (χ1n) is 8.20. The Kier molecular flexibility index (Phi) is 5.20. The van der Waals surface area contributed by atoms with Gasteiger partial charge in [0.15, 0.2) is 0 Å². The van der Waals surface area contributed by atoms with Gasteiger partial charge < -0.3 is 10.2 Å². The maximum Gasteiger partial charge on any atom is 0.225 e. The fourth-order valence-electron chi connectivity index (χ4n) is 2.85. The number of hydrogen-bond donors (Lipinski definition) is 1. The Morgan fingerprint density at radius 1 is 1.38 bits per heavy atom. The predicted octanol–water partition coefficient (Wildman–Crippen LogP) is 3.16. The zero-order chi connectivity index (χ0) is 15.5. The highest BCUT2D eigenvalue weighted by Crippen LogP contribution is 2.34. The van der Waals surface area contributed by atoms with Gasteiger partial charge in [-0.1, -0.05) is 27.7 Å². The fourth-order valence-corrected chi connectivity index (χ4v) is 2.85. The first kappa shape index (κ1) is 16.2. The van der Waals surface area contributed by atoms with Crippen LogP contribution in [0.3, 0.4) is 0 Å². The Morgan fingerprint density at radius 3 is 2.71 bits per heavy atom. The third kappa shape index (κ3) is 4.16. The van der Waals surface area contributed by atoms with Crippen LogP contribution < -0.4 is 10.2 Å². The molecule has 21 heavy (non-hydrogen) atoms. The monoisotopic (exact) mass is 290 g/mol. The third-order valence-electron chi connectivity index (χ3n) is 4.51. The van der Waals surface area contributed by atoms with Crippen LogP contribution in [0.1, 0.15) is 51.8 Å². The first-order valence-corrected chi connectivity index (χ1v) is 8.20. The summed E-state index contributed by atoms with van der Waals surface area (Å²) >= 11 is 0. The van der Waals surface area contributed by atoms with Crippen LogP contribution in [0.15, 0.2) is 6.20 Å². The number of nitrogens with zero attached hydrogens (tertiary/aromatic N) is 3. The molecule has 2 rings (SSSR count). The quantitative estimate of drug-likeness (QED) is 0.846. The maximum atomic E-state index is 4.73. The van der Waals surface area contributed by atoms with Crippen molar-refractivity contribution in [1.29, 1.82) is 0 Å². The van der Waals surface area contributed by atoms with E-state index in [1.54, 1.807) is 0 Å². The molecule has 0 bridgehead atoms. The lowest BCUT2D eigenvalue weighted by Gasteiger charge is -2.27. The number of aromatic nitrogens is 2. The number of hydrogen-bond acceptors (Lipinski definition) is 4. The van der Waals surface area contributed by atoms with Gasteiger partial charge in [-0.25, -0.2) is 9.97 Å². The molecule has 1 fully saturated rings. The molecule has 1 saturated heterocycles. The van der Waals surface area contributed by atoms with Crippen molar-refractivity contribution in [2.24, 2.45) is 11.3 Å². The van der Waals surface area contributed by atoms with E-state index in [9.17, 15) is 0 Å². The number of aryl methyl sites for hydroxylation is 1. The van der Waals surface area contributed by atoms with Gasteiger partial charge in [0.2, 0.25) is 5.95 Å². The number of nitrogens with one attached hydrogen (secondary N) is 1. The molecule has 0 aromatic carbocycles. The summed E-state index contributed by atoms with van der Waals surface area (Å²) < 4.78 is 0. The summed E-state index contributed by atoms with van der Waals surface area (Å²) in [5.74, 6) is 1.63. The molecule has 0 aliphatic carbocycles. The van der Waals surface area contributed by atoms with E-state index >= 15 is 0 Å².